The van der Waals surface area contributed by atoms with E-state index in [0.29, 0.717) is 22.5 Å². The number of methoxy groups -OCH3 is 1. The van der Waals surface area contributed by atoms with Crippen molar-refractivity contribution in [1.29, 1.82) is 0 Å². The van der Waals surface area contributed by atoms with E-state index in [9.17, 15) is 4.79 Å². The first kappa shape index (κ1) is 22.1. The third kappa shape index (κ3) is 5.33. The molecule has 1 amide bonds. The zero-order chi connectivity index (χ0) is 22.6. The maximum absolute atomic E-state index is 11.5. The van der Waals surface area contributed by atoms with Crippen molar-refractivity contribution in [2.45, 2.75) is 27.2 Å². The average molecular weight is 423 g/mol. The van der Waals surface area contributed by atoms with Crippen LogP contribution in [-0.4, -0.2) is 36.3 Å². The quantitative estimate of drug-likeness (QED) is 0.631. The average Bonchev–Trinajstić information content (AvgIpc) is 3.11. The van der Waals surface area contributed by atoms with E-state index in [1.54, 1.807) is 24.4 Å². The van der Waals surface area contributed by atoms with Gasteiger partial charge >= 0.3 is 6.09 Å². The highest BCUT2D eigenvalue weighted by molar-refractivity contribution is 5.87. The Bertz CT molecular complexity index is 1030. The van der Waals surface area contributed by atoms with E-state index < -0.39 is 6.09 Å². The molecule has 1 fully saturated rings. The highest BCUT2D eigenvalue weighted by Gasteiger charge is 2.29. The summed E-state index contributed by atoms with van der Waals surface area (Å²) in [7, 11) is 1.29. The fourth-order valence-corrected chi connectivity index (χ4v) is 3.63. The first-order valence-corrected chi connectivity index (χ1v) is 10.1. The second-order valence-electron chi connectivity index (χ2n) is 8.43. The summed E-state index contributed by atoms with van der Waals surface area (Å²) in [6.45, 7) is 8.48. The van der Waals surface area contributed by atoms with Crippen LogP contribution in [0.25, 0.3) is 11.3 Å². The summed E-state index contributed by atoms with van der Waals surface area (Å²) in [5.74, 6) is 0.354. The summed E-state index contributed by atoms with van der Waals surface area (Å²) in [6.07, 6.45) is 7.31. The fourth-order valence-electron chi connectivity index (χ4n) is 3.63. The Balaban J connectivity index is 1.88. The molecule has 3 rings (SSSR count). The summed E-state index contributed by atoms with van der Waals surface area (Å²) in [5, 5.41) is 2.54. The maximum Gasteiger partial charge on any atom is 0.412 e. The molecule has 0 aromatic carbocycles. The number of aryl methyl sites for hydroxylation is 1. The smallest absolute Gasteiger partial charge is 0.412 e. The van der Waals surface area contributed by atoms with Crippen LogP contribution in [0.5, 0.6) is 0 Å². The Morgan fingerprint density at radius 3 is 2.74 bits per heavy atom. The zero-order valence-corrected chi connectivity index (χ0v) is 18.5. The lowest BCUT2D eigenvalue weighted by atomic mass is 9.93. The van der Waals surface area contributed by atoms with E-state index in [1.807, 2.05) is 13.1 Å². The Kier molecular flexibility index (Phi) is 6.48. The number of carbonyl (C=O) groups excluding carboxylic acids is 1. The van der Waals surface area contributed by atoms with Crippen molar-refractivity contribution in [2.75, 3.05) is 30.4 Å². The number of aromatic nitrogens is 2. The molecule has 1 aliphatic heterocycles. The van der Waals surface area contributed by atoms with Crippen LogP contribution in [0.2, 0.25) is 0 Å². The lowest BCUT2D eigenvalue weighted by Gasteiger charge is -2.22. The Morgan fingerprint density at radius 2 is 2.10 bits per heavy atom. The molecule has 1 aliphatic rings. The molecule has 31 heavy (non-hydrogen) atoms. The predicted molar refractivity (Wildman–Crippen MR) is 124 cm³/mol. The number of pyridine rings is 2. The van der Waals surface area contributed by atoms with Gasteiger partial charge in [-0.3, -0.25) is 10.3 Å². The predicted octanol–water partition coefficient (Wildman–Crippen LogP) is 3.50. The van der Waals surface area contributed by atoms with Gasteiger partial charge in [0.15, 0.2) is 0 Å². The third-order valence-electron chi connectivity index (χ3n) is 5.43. The van der Waals surface area contributed by atoms with Gasteiger partial charge in [0.25, 0.3) is 0 Å². The molecule has 2 aromatic heterocycles. The van der Waals surface area contributed by atoms with Gasteiger partial charge < -0.3 is 21.1 Å². The molecule has 164 valence electrons. The number of nitrogens with one attached hydrogen (secondary N) is 1. The standard InChI is InChI=1S/C23H30N6O2/c1-15-19(11-18(13-27-15)29-8-6-23(2,3)14-29)20(25)9-17(12-24)16-5-7-26-21(10-16)28-22(30)31-4/h5,7,9-13H,6,8,14,24-25H2,1-4H3,(H,26,28,30)/b17-12+,20-9-. The molecule has 8 heteroatoms. The molecule has 2 aromatic rings. The molecule has 0 aliphatic carbocycles. The monoisotopic (exact) mass is 422 g/mol. The molecule has 0 radical (unpaired) electrons. The normalized spacial score (nSPS) is 16.3. The first-order chi connectivity index (χ1) is 14.7. The Labute approximate surface area is 183 Å². The molecule has 1 saturated heterocycles. The number of nitrogens with zero attached hydrogens (tertiary/aromatic N) is 3. The minimum atomic E-state index is -0.596. The van der Waals surface area contributed by atoms with Crippen LogP contribution in [0, 0.1) is 12.3 Å². The molecular weight excluding hydrogens is 392 g/mol. The number of rotatable bonds is 5. The van der Waals surface area contributed by atoms with E-state index in [0.717, 1.165) is 42.0 Å². The van der Waals surface area contributed by atoms with Crippen molar-refractivity contribution in [3.8, 4) is 0 Å². The van der Waals surface area contributed by atoms with E-state index in [2.05, 4.69) is 44.8 Å². The van der Waals surface area contributed by atoms with Crippen molar-refractivity contribution < 1.29 is 9.53 Å². The number of carbonyl (C=O) groups is 1. The number of hydrogen-bond acceptors (Lipinski definition) is 7. The molecule has 0 atom stereocenters. The summed E-state index contributed by atoms with van der Waals surface area (Å²) in [6, 6.07) is 5.58. The van der Waals surface area contributed by atoms with Crippen LogP contribution in [0.1, 0.15) is 37.1 Å². The second kappa shape index (κ2) is 9.07. The molecule has 0 unspecified atom stereocenters. The van der Waals surface area contributed by atoms with Crippen molar-refractivity contribution in [3.63, 3.8) is 0 Å². The molecule has 3 heterocycles. The van der Waals surface area contributed by atoms with Crippen LogP contribution in [0.15, 0.2) is 42.9 Å². The van der Waals surface area contributed by atoms with Gasteiger partial charge in [-0.05, 0) is 54.2 Å². The van der Waals surface area contributed by atoms with Gasteiger partial charge in [0.1, 0.15) is 5.82 Å². The first-order valence-electron chi connectivity index (χ1n) is 10.1. The molecule has 0 bridgehead atoms. The van der Waals surface area contributed by atoms with E-state index in [1.165, 1.54) is 13.3 Å². The SMILES string of the molecule is COC(=O)Nc1cc(C(/C=C(\N)c2cc(N3CCC(C)(C)C3)cnc2C)=C/N)ccn1. The van der Waals surface area contributed by atoms with Crippen molar-refractivity contribution in [2.24, 2.45) is 16.9 Å². The number of nitrogens with two attached hydrogens (primary N) is 2. The van der Waals surface area contributed by atoms with Gasteiger partial charge in [-0.2, -0.15) is 0 Å². The second-order valence-corrected chi connectivity index (χ2v) is 8.43. The van der Waals surface area contributed by atoms with Crippen molar-refractivity contribution in [3.05, 3.63) is 59.7 Å². The number of allylic oxidation sites excluding steroid dienone is 2. The van der Waals surface area contributed by atoms with Gasteiger partial charge in [0.05, 0.1) is 19.0 Å². The van der Waals surface area contributed by atoms with E-state index in [4.69, 9.17) is 11.5 Å². The molecule has 5 N–H and O–H groups in total. The van der Waals surface area contributed by atoms with Gasteiger partial charge in [0.2, 0.25) is 0 Å². The highest BCUT2D eigenvalue weighted by atomic mass is 16.5. The lowest BCUT2D eigenvalue weighted by molar-refractivity contribution is 0.187. The zero-order valence-electron chi connectivity index (χ0n) is 18.5. The fraction of sp³-hybridized carbons (Fsp3) is 0.348. The minimum Gasteiger partial charge on any atom is -0.453 e. The Hall–Kier alpha value is -3.55. The summed E-state index contributed by atoms with van der Waals surface area (Å²) in [5.41, 5.74) is 17.4. The van der Waals surface area contributed by atoms with Crippen LogP contribution in [0.3, 0.4) is 0 Å². The van der Waals surface area contributed by atoms with Gasteiger partial charge in [-0.25, -0.2) is 9.78 Å². The number of anilines is 2. The molecule has 8 nitrogen and oxygen atoms in total. The van der Waals surface area contributed by atoms with Crippen LogP contribution < -0.4 is 21.7 Å². The lowest BCUT2D eigenvalue weighted by Crippen LogP contribution is -2.23. The van der Waals surface area contributed by atoms with Crippen molar-refractivity contribution >= 4 is 28.9 Å². The number of amides is 1. The highest BCUT2D eigenvalue weighted by Crippen LogP contribution is 2.33. The number of ether oxygens (including phenoxy) is 1. The summed E-state index contributed by atoms with van der Waals surface area (Å²) < 4.78 is 4.61. The third-order valence-corrected chi connectivity index (χ3v) is 5.43. The number of hydrogen-bond donors (Lipinski definition) is 3. The van der Waals surface area contributed by atoms with E-state index >= 15 is 0 Å². The maximum atomic E-state index is 11.5. The largest absolute Gasteiger partial charge is 0.453 e. The van der Waals surface area contributed by atoms with Gasteiger partial charge in [0, 0.05) is 42.4 Å². The summed E-state index contributed by atoms with van der Waals surface area (Å²) in [4.78, 5) is 22.5. The van der Waals surface area contributed by atoms with E-state index in [-0.39, 0.29) is 0 Å². The van der Waals surface area contributed by atoms with Gasteiger partial charge in [-0.1, -0.05) is 13.8 Å². The van der Waals surface area contributed by atoms with Crippen LogP contribution in [0.4, 0.5) is 16.3 Å². The van der Waals surface area contributed by atoms with Gasteiger partial charge in [-0.15, -0.1) is 0 Å². The topological polar surface area (TPSA) is 119 Å². The van der Waals surface area contributed by atoms with Crippen LogP contribution in [-0.2, 0) is 4.74 Å². The molecule has 0 spiro atoms. The summed E-state index contributed by atoms with van der Waals surface area (Å²) >= 11 is 0. The Morgan fingerprint density at radius 1 is 1.32 bits per heavy atom. The van der Waals surface area contributed by atoms with Crippen molar-refractivity contribution in [1.82, 2.24) is 9.97 Å². The molecule has 0 saturated carbocycles. The van der Waals surface area contributed by atoms with Crippen LogP contribution >= 0.6 is 0 Å². The molecular formula is C23H30N6O2. The minimum absolute atomic E-state index is 0.291.